The van der Waals surface area contributed by atoms with Gasteiger partial charge in [-0.05, 0) is 56.0 Å². The van der Waals surface area contributed by atoms with Gasteiger partial charge >= 0.3 is 0 Å². The maximum Gasteiger partial charge on any atom is 0.222 e. The molecule has 0 radical (unpaired) electrons. The highest BCUT2D eigenvalue weighted by atomic mass is 16.5. The minimum Gasteiger partial charge on any atom is -0.493 e. The Morgan fingerprint density at radius 3 is 2.71 bits per heavy atom. The molecule has 4 rings (SSSR count). The first-order chi connectivity index (χ1) is 13.7. The Morgan fingerprint density at radius 2 is 1.96 bits per heavy atom. The van der Waals surface area contributed by atoms with Gasteiger partial charge in [0.25, 0.3) is 0 Å². The van der Waals surface area contributed by atoms with Crippen molar-refractivity contribution in [1.82, 2.24) is 4.98 Å². The second-order valence-corrected chi connectivity index (χ2v) is 7.20. The molecule has 6 nitrogen and oxygen atoms in total. The SMILES string of the molecule is CCOc1cc2c(cc1OC)C(c1cccnc1OC)=N[C@@H]1CC[C@@H](O)C[C@H]21. The van der Waals surface area contributed by atoms with Gasteiger partial charge in [-0.1, -0.05) is 0 Å². The third kappa shape index (κ3) is 3.22. The van der Waals surface area contributed by atoms with Crippen molar-refractivity contribution in [2.45, 2.75) is 44.2 Å². The van der Waals surface area contributed by atoms with Crippen LogP contribution in [0.25, 0.3) is 0 Å². The second-order valence-electron chi connectivity index (χ2n) is 7.20. The average molecular weight is 382 g/mol. The number of ether oxygens (including phenoxy) is 3. The van der Waals surface area contributed by atoms with Crippen LogP contribution in [0, 0.1) is 0 Å². The molecule has 1 aromatic carbocycles. The number of hydrogen-bond donors (Lipinski definition) is 1. The topological polar surface area (TPSA) is 73.2 Å². The molecular weight excluding hydrogens is 356 g/mol. The van der Waals surface area contributed by atoms with Gasteiger partial charge in [0.1, 0.15) is 0 Å². The number of rotatable bonds is 5. The van der Waals surface area contributed by atoms with Crippen molar-refractivity contribution in [2.24, 2.45) is 4.99 Å². The lowest BCUT2D eigenvalue weighted by Crippen LogP contribution is -2.34. The smallest absolute Gasteiger partial charge is 0.222 e. The maximum atomic E-state index is 10.3. The molecule has 2 aromatic rings. The number of aromatic nitrogens is 1. The lowest BCUT2D eigenvalue weighted by molar-refractivity contribution is 0.111. The van der Waals surface area contributed by atoms with Crippen molar-refractivity contribution < 1.29 is 19.3 Å². The van der Waals surface area contributed by atoms with Crippen molar-refractivity contribution >= 4 is 5.71 Å². The number of pyridine rings is 1. The number of aliphatic hydroxyl groups is 1. The van der Waals surface area contributed by atoms with Crippen LogP contribution >= 0.6 is 0 Å². The molecule has 1 aliphatic carbocycles. The van der Waals surface area contributed by atoms with Crippen LogP contribution < -0.4 is 14.2 Å². The van der Waals surface area contributed by atoms with E-state index < -0.39 is 0 Å². The van der Waals surface area contributed by atoms with Gasteiger partial charge in [-0.15, -0.1) is 0 Å². The van der Waals surface area contributed by atoms with Gasteiger partial charge in [0.15, 0.2) is 11.5 Å². The molecule has 0 spiro atoms. The lowest BCUT2D eigenvalue weighted by atomic mass is 9.74. The first-order valence-corrected chi connectivity index (χ1v) is 9.76. The van der Waals surface area contributed by atoms with Crippen LogP contribution in [0.1, 0.15) is 48.8 Å². The fourth-order valence-corrected chi connectivity index (χ4v) is 4.32. The van der Waals surface area contributed by atoms with Crippen molar-refractivity contribution in [3.8, 4) is 17.4 Å². The summed E-state index contributed by atoms with van der Waals surface area (Å²) in [7, 11) is 3.26. The number of nitrogens with zero attached hydrogens (tertiary/aromatic N) is 2. The summed E-state index contributed by atoms with van der Waals surface area (Å²) in [5.41, 5.74) is 3.85. The summed E-state index contributed by atoms with van der Waals surface area (Å²) in [6.45, 7) is 2.52. The minimum atomic E-state index is -0.295. The van der Waals surface area contributed by atoms with Gasteiger partial charge in [0.05, 0.1) is 44.2 Å². The molecule has 1 saturated carbocycles. The Labute approximate surface area is 165 Å². The molecule has 28 heavy (non-hydrogen) atoms. The van der Waals surface area contributed by atoms with Gasteiger partial charge in [0.2, 0.25) is 5.88 Å². The lowest BCUT2D eigenvalue weighted by Gasteiger charge is -2.37. The predicted molar refractivity (Wildman–Crippen MR) is 107 cm³/mol. The zero-order valence-electron chi connectivity index (χ0n) is 16.5. The van der Waals surface area contributed by atoms with E-state index in [9.17, 15) is 5.11 Å². The normalized spacial score (nSPS) is 23.3. The van der Waals surface area contributed by atoms with Gasteiger partial charge in [0, 0.05) is 17.7 Å². The Hall–Kier alpha value is -2.60. The average Bonchev–Trinajstić information content (AvgIpc) is 2.73. The molecule has 0 amide bonds. The van der Waals surface area contributed by atoms with Gasteiger partial charge < -0.3 is 19.3 Å². The Bertz CT molecular complexity index is 896. The van der Waals surface area contributed by atoms with E-state index in [0.29, 0.717) is 24.7 Å². The molecule has 0 unspecified atom stereocenters. The molecule has 6 heteroatoms. The zero-order chi connectivity index (χ0) is 19.7. The summed E-state index contributed by atoms with van der Waals surface area (Å²) in [6, 6.07) is 8.05. The Morgan fingerprint density at radius 1 is 1.11 bits per heavy atom. The van der Waals surface area contributed by atoms with Crippen molar-refractivity contribution in [2.75, 3.05) is 20.8 Å². The third-order valence-electron chi connectivity index (χ3n) is 5.59. The van der Waals surface area contributed by atoms with Gasteiger partial charge in [-0.3, -0.25) is 4.99 Å². The summed E-state index contributed by atoms with van der Waals surface area (Å²) in [6.07, 6.45) is 3.75. The van der Waals surface area contributed by atoms with E-state index in [-0.39, 0.29) is 18.1 Å². The van der Waals surface area contributed by atoms with Crippen molar-refractivity contribution in [1.29, 1.82) is 0 Å². The quantitative estimate of drug-likeness (QED) is 0.859. The largest absolute Gasteiger partial charge is 0.493 e. The fraction of sp³-hybridized carbons (Fsp3) is 0.455. The summed E-state index contributed by atoms with van der Waals surface area (Å²) in [5, 5.41) is 10.3. The summed E-state index contributed by atoms with van der Waals surface area (Å²) >= 11 is 0. The molecule has 1 N–H and O–H groups in total. The molecule has 3 atom stereocenters. The monoisotopic (exact) mass is 382 g/mol. The minimum absolute atomic E-state index is 0.124. The third-order valence-corrected chi connectivity index (χ3v) is 5.59. The first-order valence-electron chi connectivity index (χ1n) is 9.76. The van der Waals surface area contributed by atoms with E-state index in [1.54, 1.807) is 20.4 Å². The number of methoxy groups -OCH3 is 2. The highest BCUT2D eigenvalue weighted by Crippen LogP contribution is 2.45. The van der Waals surface area contributed by atoms with E-state index in [1.807, 2.05) is 25.1 Å². The molecular formula is C22H26N2O4. The molecule has 0 saturated heterocycles. The molecule has 148 valence electrons. The first kappa shape index (κ1) is 18.7. The Kier molecular flexibility index (Phi) is 5.22. The fourth-order valence-electron chi connectivity index (χ4n) is 4.32. The molecule has 1 aromatic heterocycles. The van der Waals surface area contributed by atoms with E-state index in [1.165, 1.54) is 0 Å². The van der Waals surface area contributed by atoms with E-state index >= 15 is 0 Å². The molecule has 1 fully saturated rings. The van der Waals surface area contributed by atoms with Crippen LogP contribution in [0.3, 0.4) is 0 Å². The summed E-state index contributed by atoms with van der Waals surface area (Å²) < 4.78 is 16.9. The van der Waals surface area contributed by atoms with E-state index in [2.05, 4.69) is 11.1 Å². The van der Waals surface area contributed by atoms with E-state index in [0.717, 1.165) is 41.0 Å². The van der Waals surface area contributed by atoms with Crippen LogP contribution in [-0.4, -0.2) is 48.8 Å². The highest BCUT2D eigenvalue weighted by Gasteiger charge is 2.37. The highest BCUT2D eigenvalue weighted by molar-refractivity contribution is 6.16. The van der Waals surface area contributed by atoms with Crippen LogP contribution in [-0.2, 0) is 0 Å². The number of hydrogen-bond acceptors (Lipinski definition) is 6. The van der Waals surface area contributed by atoms with Crippen LogP contribution in [0.15, 0.2) is 35.5 Å². The molecule has 1 aliphatic heterocycles. The zero-order valence-corrected chi connectivity index (χ0v) is 16.5. The van der Waals surface area contributed by atoms with Crippen LogP contribution in [0.4, 0.5) is 0 Å². The summed E-state index contributed by atoms with van der Waals surface area (Å²) in [5.74, 6) is 2.11. The number of benzene rings is 1. The molecule has 0 bridgehead atoms. The molecule has 2 heterocycles. The van der Waals surface area contributed by atoms with Gasteiger partial charge in [-0.25, -0.2) is 4.98 Å². The number of aliphatic hydroxyl groups excluding tert-OH is 1. The predicted octanol–water partition coefficient (Wildman–Crippen LogP) is 3.35. The summed E-state index contributed by atoms with van der Waals surface area (Å²) in [4.78, 5) is 9.45. The van der Waals surface area contributed by atoms with Crippen LogP contribution in [0.2, 0.25) is 0 Å². The van der Waals surface area contributed by atoms with Crippen LogP contribution in [0.5, 0.6) is 17.4 Å². The number of aliphatic imine (C=N–C) groups is 1. The van der Waals surface area contributed by atoms with E-state index in [4.69, 9.17) is 19.2 Å². The standard InChI is InChI=1S/C22H26N2O4/c1-4-28-20-11-15-16-10-13(25)7-8-18(16)24-21(17(15)12-19(20)26-2)14-6-5-9-23-22(14)27-3/h5-6,9,11-13,16,18,25H,4,7-8,10H2,1-3H3/t13-,16-,18-/m1/s1. The van der Waals surface area contributed by atoms with Gasteiger partial charge in [-0.2, -0.15) is 0 Å². The number of fused-ring (bicyclic) bond motifs is 3. The maximum absolute atomic E-state index is 10.3. The molecule has 2 aliphatic rings. The Balaban J connectivity index is 1.91. The van der Waals surface area contributed by atoms with Crippen molar-refractivity contribution in [3.05, 3.63) is 47.2 Å². The van der Waals surface area contributed by atoms with Crippen molar-refractivity contribution in [3.63, 3.8) is 0 Å². The second kappa shape index (κ2) is 7.80.